The van der Waals surface area contributed by atoms with Crippen molar-refractivity contribution >= 4 is 27.7 Å². The second-order valence-electron chi connectivity index (χ2n) is 7.35. The average molecular weight is 452 g/mol. The van der Waals surface area contributed by atoms with Crippen LogP contribution >= 0.6 is 15.9 Å². The molecule has 0 saturated heterocycles. The highest BCUT2D eigenvalue weighted by Crippen LogP contribution is 2.44. The van der Waals surface area contributed by atoms with E-state index in [2.05, 4.69) is 21.2 Å². The maximum absolute atomic E-state index is 13.2. The van der Waals surface area contributed by atoms with Gasteiger partial charge >= 0.3 is 5.97 Å². The maximum atomic E-state index is 13.2. The second kappa shape index (κ2) is 8.37. The Morgan fingerprint density at radius 2 is 1.83 bits per heavy atom. The van der Waals surface area contributed by atoms with Gasteiger partial charge in [-0.25, -0.2) is 4.79 Å². The van der Waals surface area contributed by atoms with E-state index in [0.29, 0.717) is 17.6 Å². The van der Waals surface area contributed by atoms with Crippen molar-refractivity contribution in [3.05, 3.63) is 92.7 Å². The largest absolute Gasteiger partial charge is 0.457 e. The fraction of sp³-hybridized carbons (Fsp3) is 0.250. The summed E-state index contributed by atoms with van der Waals surface area (Å²) in [7, 11) is 0. The van der Waals surface area contributed by atoms with E-state index in [4.69, 9.17) is 4.74 Å². The average Bonchev–Trinajstić information content (AvgIpc) is 2.72. The summed E-state index contributed by atoms with van der Waals surface area (Å²) in [4.78, 5) is 26.1. The Labute approximate surface area is 178 Å². The number of dihydropyridines is 1. The Balaban J connectivity index is 1.73. The number of rotatable bonds is 4. The zero-order chi connectivity index (χ0) is 20.4. The molecule has 0 spiro atoms. The van der Waals surface area contributed by atoms with Crippen LogP contribution in [0.2, 0.25) is 0 Å². The van der Waals surface area contributed by atoms with Gasteiger partial charge in [-0.2, -0.15) is 0 Å². The van der Waals surface area contributed by atoms with Crippen LogP contribution in [0.1, 0.15) is 43.2 Å². The number of halogens is 1. The molecule has 1 aliphatic heterocycles. The molecule has 0 radical (unpaired) electrons. The van der Waals surface area contributed by atoms with E-state index < -0.39 is 11.9 Å². The van der Waals surface area contributed by atoms with Gasteiger partial charge in [0.1, 0.15) is 6.61 Å². The lowest BCUT2D eigenvalue weighted by atomic mass is 9.75. The SMILES string of the molecule is CC1=C(C(=O)OCc2ccccc2)[C@@H](c2ccccc2Br)C2=C(CCCC2=O)N1. The number of carbonyl (C=O) groups is 2. The van der Waals surface area contributed by atoms with Gasteiger partial charge in [0, 0.05) is 33.8 Å². The fourth-order valence-electron chi connectivity index (χ4n) is 4.07. The fourth-order valence-corrected chi connectivity index (χ4v) is 4.59. The Morgan fingerprint density at radius 1 is 1.10 bits per heavy atom. The molecule has 0 amide bonds. The molecule has 5 heteroatoms. The van der Waals surface area contributed by atoms with Crippen LogP contribution in [0.3, 0.4) is 0 Å². The Bertz CT molecular complexity index is 1020. The number of ether oxygens (including phenoxy) is 1. The summed E-state index contributed by atoms with van der Waals surface area (Å²) >= 11 is 3.61. The summed E-state index contributed by atoms with van der Waals surface area (Å²) in [5.74, 6) is -0.734. The number of ketones is 1. The van der Waals surface area contributed by atoms with E-state index in [0.717, 1.165) is 39.8 Å². The highest BCUT2D eigenvalue weighted by atomic mass is 79.9. The zero-order valence-electron chi connectivity index (χ0n) is 16.2. The Hall–Kier alpha value is -2.66. The number of Topliss-reactive ketones (excluding diaryl/α,β-unsaturated/α-hetero) is 1. The summed E-state index contributed by atoms with van der Waals surface area (Å²) < 4.78 is 6.53. The van der Waals surface area contributed by atoms with Gasteiger partial charge in [0.25, 0.3) is 0 Å². The zero-order valence-corrected chi connectivity index (χ0v) is 17.8. The van der Waals surface area contributed by atoms with E-state index in [9.17, 15) is 9.59 Å². The Morgan fingerprint density at radius 3 is 2.59 bits per heavy atom. The maximum Gasteiger partial charge on any atom is 0.337 e. The summed E-state index contributed by atoms with van der Waals surface area (Å²) in [6.07, 6.45) is 2.15. The van der Waals surface area contributed by atoms with Crippen LogP contribution in [0.5, 0.6) is 0 Å². The first kappa shape index (κ1) is 19.6. The molecule has 148 valence electrons. The molecule has 1 atom stereocenters. The highest BCUT2D eigenvalue weighted by molar-refractivity contribution is 9.10. The van der Waals surface area contributed by atoms with Crippen molar-refractivity contribution in [1.29, 1.82) is 0 Å². The van der Waals surface area contributed by atoms with Crippen LogP contribution in [0.25, 0.3) is 0 Å². The predicted octanol–water partition coefficient (Wildman–Crippen LogP) is 5.16. The standard InChI is InChI=1S/C24H22BrNO3/c1-15-21(24(28)29-14-16-8-3-2-4-9-16)22(17-10-5-6-11-18(17)25)23-19(26-15)12-7-13-20(23)27/h2-6,8-11,22,26H,7,12-14H2,1H3/t22-/m1/s1. The van der Waals surface area contributed by atoms with Gasteiger partial charge in [-0.3, -0.25) is 4.79 Å². The van der Waals surface area contributed by atoms with Crippen LogP contribution in [-0.2, 0) is 20.9 Å². The van der Waals surface area contributed by atoms with Gasteiger partial charge < -0.3 is 10.1 Å². The van der Waals surface area contributed by atoms with E-state index in [-0.39, 0.29) is 12.4 Å². The lowest BCUT2D eigenvalue weighted by Gasteiger charge is -2.34. The van der Waals surface area contributed by atoms with Crippen LogP contribution in [0.4, 0.5) is 0 Å². The summed E-state index contributed by atoms with van der Waals surface area (Å²) in [6.45, 7) is 2.07. The van der Waals surface area contributed by atoms with Crippen LogP contribution in [-0.4, -0.2) is 11.8 Å². The molecule has 1 aliphatic carbocycles. The van der Waals surface area contributed by atoms with Crippen molar-refractivity contribution in [2.24, 2.45) is 0 Å². The van der Waals surface area contributed by atoms with Gasteiger partial charge in [0.15, 0.2) is 5.78 Å². The molecule has 2 aromatic carbocycles. The van der Waals surface area contributed by atoms with E-state index in [1.165, 1.54) is 0 Å². The van der Waals surface area contributed by atoms with Crippen molar-refractivity contribution < 1.29 is 14.3 Å². The third-order valence-electron chi connectivity index (χ3n) is 5.42. The monoisotopic (exact) mass is 451 g/mol. The second-order valence-corrected chi connectivity index (χ2v) is 8.20. The quantitative estimate of drug-likeness (QED) is 0.652. The van der Waals surface area contributed by atoms with Gasteiger partial charge in [-0.05, 0) is 37.0 Å². The first-order valence-corrected chi connectivity index (χ1v) is 10.5. The summed E-state index contributed by atoms with van der Waals surface area (Å²) in [5.41, 5.74) is 4.70. The summed E-state index contributed by atoms with van der Waals surface area (Å²) in [5, 5.41) is 3.32. The minimum Gasteiger partial charge on any atom is -0.457 e. The molecule has 0 saturated carbocycles. The van der Waals surface area contributed by atoms with Gasteiger partial charge in [0.05, 0.1) is 5.57 Å². The molecule has 4 rings (SSSR count). The number of nitrogens with one attached hydrogen (secondary N) is 1. The minimum absolute atomic E-state index is 0.0976. The van der Waals surface area contributed by atoms with Crippen LogP contribution in [0, 0.1) is 0 Å². The molecule has 2 aliphatic rings. The van der Waals surface area contributed by atoms with Crippen molar-refractivity contribution in [3.8, 4) is 0 Å². The molecule has 1 N–H and O–H groups in total. The van der Waals surface area contributed by atoms with E-state index in [1.807, 2.05) is 61.5 Å². The molecule has 4 nitrogen and oxygen atoms in total. The molecule has 29 heavy (non-hydrogen) atoms. The van der Waals surface area contributed by atoms with Crippen molar-refractivity contribution in [2.45, 2.75) is 38.7 Å². The smallest absolute Gasteiger partial charge is 0.337 e. The molecular weight excluding hydrogens is 430 g/mol. The third kappa shape index (κ3) is 3.92. The van der Waals surface area contributed by atoms with Crippen molar-refractivity contribution in [2.75, 3.05) is 0 Å². The topological polar surface area (TPSA) is 55.4 Å². The number of carbonyl (C=O) groups excluding carboxylic acids is 2. The molecule has 0 unspecified atom stereocenters. The first-order chi connectivity index (χ1) is 14.1. The van der Waals surface area contributed by atoms with E-state index >= 15 is 0 Å². The molecule has 0 bridgehead atoms. The number of benzene rings is 2. The van der Waals surface area contributed by atoms with Gasteiger partial charge in [0.2, 0.25) is 0 Å². The van der Waals surface area contributed by atoms with Crippen LogP contribution < -0.4 is 5.32 Å². The lowest BCUT2D eigenvalue weighted by Crippen LogP contribution is -2.34. The van der Waals surface area contributed by atoms with Crippen LogP contribution in [0.15, 0.2) is 81.6 Å². The third-order valence-corrected chi connectivity index (χ3v) is 6.15. The summed E-state index contributed by atoms with van der Waals surface area (Å²) in [6, 6.07) is 17.4. The molecular formula is C24H22BrNO3. The Kier molecular flexibility index (Phi) is 5.67. The predicted molar refractivity (Wildman–Crippen MR) is 115 cm³/mol. The van der Waals surface area contributed by atoms with E-state index in [1.54, 1.807) is 0 Å². The number of hydrogen-bond acceptors (Lipinski definition) is 4. The minimum atomic E-state index is -0.433. The van der Waals surface area contributed by atoms with Crippen molar-refractivity contribution in [1.82, 2.24) is 5.32 Å². The van der Waals surface area contributed by atoms with Gasteiger partial charge in [-0.15, -0.1) is 0 Å². The molecule has 0 aromatic heterocycles. The highest BCUT2D eigenvalue weighted by Gasteiger charge is 2.39. The van der Waals surface area contributed by atoms with Crippen molar-refractivity contribution in [3.63, 3.8) is 0 Å². The lowest BCUT2D eigenvalue weighted by molar-refractivity contribution is -0.140. The van der Waals surface area contributed by atoms with Gasteiger partial charge in [-0.1, -0.05) is 64.5 Å². The normalized spacial score (nSPS) is 19.0. The number of hydrogen-bond donors (Lipinski definition) is 1. The molecule has 1 heterocycles. The first-order valence-electron chi connectivity index (χ1n) is 9.75. The molecule has 2 aromatic rings. The molecule has 0 fully saturated rings. The number of allylic oxidation sites excluding steroid dienone is 3. The number of esters is 1.